The van der Waals surface area contributed by atoms with E-state index >= 15 is 0 Å². The first-order valence-corrected chi connectivity index (χ1v) is 6.30. The molecule has 0 radical (unpaired) electrons. The minimum absolute atomic E-state index is 0.261. The summed E-state index contributed by atoms with van der Waals surface area (Å²) in [7, 11) is 3.87. The van der Waals surface area contributed by atoms with Crippen LogP contribution in [0, 0.1) is 0 Å². The second-order valence-electron chi connectivity index (χ2n) is 4.65. The Hall–Kier alpha value is -0.160. The van der Waals surface area contributed by atoms with Gasteiger partial charge in [0.05, 0.1) is 6.61 Å². The molecule has 0 amide bonds. The topological polar surface area (TPSA) is 35.9 Å². The maximum atomic E-state index is 8.93. The molecule has 4 heteroatoms. The summed E-state index contributed by atoms with van der Waals surface area (Å²) in [6.07, 6.45) is 3.65. The summed E-state index contributed by atoms with van der Waals surface area (Å²) in [4.78, 5) is 4.80. The quantitative estimate of drug-likeness (QED) is 0.643. The number of likely N-dealkylation sites (tertiary alicyclic amines) is 1. The van der Waals surface area contributed by atoms with Crippen LogP contribution in [0.15, 0.2) is 0 Å². The second-order valence-corrected chi connectivity index (χ2v) is 4.65. The first-order chi connectivity index (χ1) is 7.77. The number of hydrogen-bond acceptors (Lipinski definition) is 4. The average molecular weight is 230 g/mol. The number of rotatable bonds is 7. The number of piperidine rings is 1. The molecule has 96 valence electrons. The van der Waals surface area contributed by atoms with Crippen molar-refractivity contribution in [3.8, 4) is 0 Å². The Morgan fingerprint density at radius 2 is 2.31 bits per heavy atom. The van der Waals surface area contributed by atoms with E-state index in [0.717, 1.165) is 32.7 Å². The van der Waals surface area contributed by atoms with Crippen LogP contribution in [0.25, 0.3) is 0 Å². The van der Waals surface area contributed by atoms with Crippen molar-refractivity contribution in [3.63, 3.8) is 0 Å². The Morgan fingerprint density at radius 3 is 3.00 bits per heavy atom. The lowest BCUT2D eigenvalue weighted by molar-refractivity contribution is 0.0930. The molecule has 1 unspecified atom stereocenters. The average Bonchev–Trinajstić information content (AvgIpc) is 2.30. The molecule has 0 aromatic heterocycles. The van der Waals surface area contributed by atoms with Gasteiger partial charge in [0.1, 0.15) is 0 Å². The van der Waals surface area contributed by atoms with Gasteiger partial charge >= 0.3 is 0 Å². The number of nitrogens with zero attached hydrogens (tertiary/aromatic N) is 2. The number of aliphatic hydroxyl groups is 1. The standard InChI is InChI=1S/C12H26N2O2/c1-13(8-9-15)12-5-3-6-14(11-12)7-4-10-16-2/h12,15H,3-11H2,1-2H3. The molecule has 16 heavy (non-hydrogen) atoms. The SMILES string of the molecule is COCCCN1CCCC(N(C)CCO)C1. The van der Waals surface area contributed by atoms with Crippen LogP contribution in [-0.2, 0) is 4.74 Å². The zero-order valence-electron chi connectivity index (χ0n) is 10.7. The van der Waals surface area contributed by atoms with Crippen molar-refractivity contribution < 1.29 is 9.84 Å². The van der Waals surface area contributed by atoms with Gasteiger partial charge in [-0.1, -0.05) is 0 Å². The molecule has 1 atom stereocenters. The van der Waals surface area contributed by atoms with Crippen molar-refractivity contribution in [2.24, 2.45) is 0 Å². The van der Waals surface area contributed by atoms with E-state index in [1.54, 1.807) is 7.11 Å². The highest BCUT2D eigenvalue weighted by atomic mass is 16.5. The molecule has 1 fully saturated rings. The number of methoxy groups -OCH3 is 1. The van der Waals surface area contributed by atoms with E-state index in [2.05, 4.69) is 16.8 Å². The van der Waals surface area contributed by atoms with E-state index in [-0.39, 0.29) is 6.61 Å². The summed E-state index contributed by atoms with van der Waals surface area (Å²) in [6, 6.07) is 0.614. The lowest BCUT2D eigenvalue weighted by Gasteiger charge is -2.37. The van der Waals surface area contributed by atoms with Crippen molar-refractivity contribution in [2.75, 3.05) is 53.6 Å². The van der Waals surface area contributed by atoms with Crippen molar-refractivity contribution in [3.05, 3.63) is 0 Å². The molecule has 1 aliphatic heterocycles. The molecule has 4 nitrogen and oxygen atoms in total. The third-order valence-corrected chi connectivity index (χ3v) is 3.38. The number of likely N-dealkylation sites (N-methyl/N-ethyl adjacent to an activating group) is 1. The second kappa shape index (κ2) is 8.01. The van der Waals surface area contributed by atoms with Gasteiger partial charge in [-0.3, -0.25) is 4.90 Å². The van der Waals surface area contributed by atoms with E-state index < -0.39 is 0 Å². The Balaban J connectivity index is 2.23. The third-order valence-electron chi connectivity index (χ3n) is 3.38. The molecule has 1 rings (SSSR count). The van der Waals surface area contributed by atoms with Crippen LogP contribution >= 0.6 is 0 Å². The predicted octanol–water partition coefficient (Wildman–Crippen LogP) is 0.411. The molecule has 0 aliphatic carbocycles. The Labute approximate surface area is 99.2 Å². The van der Waals surface area contributed by atoms with Crippen LogP contribution in [0.5, 0.6) is 0 Å². The summed E-state index contributed by atoms with van der Waals surface area (Å²) >= 11 is 0. The first-order valence-electron chi connectivity index (χ1n) is 6.30. The van der Waals surface area contributed by atoms with Crippen molar-refractivity contribution >= 4 is 0 Å². The summed E-state index contributed by atoms with van der Waals surface area (Å²) in [5.41, 5.74) is 0. The molecule has 0 bridgehead atoms. The summed E-state index contributed by atoms with van der Waals surface area (Å²) in [5.74, 6) is 0. The van der Waals surface area contributed by atoms with Gasteiger partial charge < -0.3 is 14.7 Å². The Kier molecular flexibility index (Phi) is 6.96. The van der Waals surface area contributed by atoms with E-state index in [1.807, 2.05) is 0 Å². The normalized spacial score (nSPS) is 22.9. The largest absolute Gasteiger partial charge is 0.395 e. The molecule has 0 aromatic carbocycles. The van der Waals surface area contributed by atoms with Gasteiger partial charge in [-0.25, -0.2) is 0 Å². The van der Waals surface area contributed by atoms with Crippen molar-refractivity contribution in [2.45, 2.75) is 25.3 Å². The van der Waals surface area contributed by atoms with Crippen LogP contribution in [0.4, 0.5) is 0 Å². The minimum Gasteiger partial charge on any atom is -0.395 e. The van der Waals surface area contributed by atoms with E-state index in [1.165, 1.54) is 19.4 Å². The summed E-state index contributed by atoms with van der Waals surface area (Å²) in [6.45, 7) is 5.39. The molecule has 0 aromatic rings. The maximum absolute atomic E-state index is 8.93. The molecule has 1 aliphatic rings. The first kappa shape index (κ1) is 13.9. The highest BCUT2D eigenvalue weighted by Gasteiger charge is 2.22. The Bertz CT molecular complexity index is 178. The highest BCUT2D eigenvalue weighted by molar-refractivity contribution is 4.79. The van der Waals surface area contributed by atoms with Crippen molar-refractivity contribution in [1.29, 1.82) is 0 Å². The smallest absolute Gasteiger partial charge is 0.0558 e. The fourth-order valence-corrected chi connectivity index (χ4v) is 2.37. The molecule has 0 spiro atoms. The molecule has 0 saturated carbocycles. The van der Waals surface area contributed by atoms with Crippen LogP contribution in [0.1, 0.15) is 19.3 Å². The van der Waals surface area contributed by atoms with Gasteiger partial charge in [-0.2, -0.15) is 0 Å². The molecule has 1 heterocycles. The minimum atomic E-state index is 0.261. The van der Waals surface area contributed by atoms with Gasteiger partial charge in [0.15, 0.2) is 0 Å². The summed E-state index contributed by atoms with van der Waals surface area (Å²) in [5, 5.41) is 8.93. The van der Waals surface area contributed by atoms with Gasteiger partial charge in [0.2, 0.25) is 0 Å². The molecule has 1 saturated heterocycles. The highest BCUT2D eigenvalue weighted by Crippen LogP contribution is 2.14. The van der Waals surface area contributed by atoms with Crippen molar-refractivity contribution in [1.82, 2.24) is 9.80 Å². The zero-order valence-corrected chi connectivity index (χ0v) is 10.7. The van der Waals surface area contributed by atoms with Gasteiger partial charge in [-0.15, -0.1) is 0 Å². The van der Waals surface area contributed by atoms with Crippen LogP contribution in [-0.4, -0.2) is 74.5 Å². The van der Waals surface area contributed by atoms with Crippen LogP contribution in [0.2, 0.25) is 0 Å². The Morgan fingerprint density at radius 1 is 1.50 bits per heavy atom. The predicted molar refractivity (Wildman–Crippen MR) is 65.7 cm³/mol. The molecular weight excluding hydrogens is 204 g/mol. The van der Waals surface area contributed by atoms with Gasteiger partial charge in [0.25, 0.3) is 0 Å². The van der Waals surface area contributed by atoms with E-state index in [0.29, 0.717) is 6.04 Å². The fourth-order valence-electron chi connectivity index (χ4n) is 2.37. The zero-order chi connectivity index (χ0) is 11.8. The fraction of sp³-hybridized carbons (Fsp3) is 1.00. The molecule has 1 N–H and O–H groups in total. The summed E-state index contributed by atoms with van der Waals surface area (Å²) < 4.78 is 5.08. The maximum Gasteiger partial charge on any atom is 0.0558 e. The van der Waals surface area contributed by atoms with E-state index in [4.69, 9.17) is 9.84 Å². The van der Waals surface area contributed by atoms with Gasteiger partial charge in [-0.05, 0) is 32.9 Å². The van der Waals surface area contributed by atoms with Crippen LogP contribution < -0.4 is 0 Å². The van der Waals surface area contributed by atoms with Crippen LogP contribution in [0.3, 0.4) is 0 Å². The van der Waals surface area contributed by atoms with E-state index in [9.17, 15) is 0 Å². The number of aliphatic hydroxyl groups excluding tert-OH is 1. The lowest BCUT2D eigenvalue weighted by Crippen LogP contribution is -2.47. The van der Waals surface area contributed by atoms with Gasteiger partial charge in [0, 0.05) is 39.4 Å². The monoisotopic (exact) mass is 230 g/mol. The lowest BCUT2D eigenvalue weighted by atomic mass is 10.0. The number of hydrogen-bond donors (Lipinski definition) is 1. The third kappa shape index (κ3) is 4.78. The number of ether oxygens (including phenoxy) is 1. The molecular formula is C12H26N2O2.